The van der Waals surface area contributed by atoms with Gasteiger partial charge in [0, 0.05) is 0 Å². The zero-order valence-corrected chi connectivity index (χ0v) is 16.7. The Morgan fingerprint density at radius 3 is 2.28 bits per heavy atom. The van der Waals surface area contributed by atoms with Crippen LogP contribution in [0.25, 0.3) is 6.08 Å². The molecule has 8 atom stereocenters. The number of aromatic hydroxyl groups is 2. The Balaban J connectivity index is 1.84. The van der Waals surface area contributed by atoms with Crippen LogP contribution in [0.2, 0.25) is 0 Å². The summed E-state index contributed by atoms with van der Waals surface area (Å²) in [5, 5.41) is 69.1. The van der Waals surface area contributed by atoms with Crippen molar-refractivity contribution < 1.29 is 54.9 Å². The predicted octanol–water partition coefficient (Wildman–Crippen LogP) is -2.34. The predicted molar refractivity (Wildman–Crippen MR) is 105 cm³/mol. The molecule has 1 aromatic rings. The molecule has 2 fully saturated rings. The summed E-state index contributed by atoms with van der Waals surface area (Å²) in [7, 11) is 0. The molecular formula is C21H24O11. The highest BCUT2D eigenvalue weighted by Gasteiger charge is 2.55. The third kappa shape index (κ3) is 4.44. The molecule has 0 amide bonds. The van der Waals surface area contributed by atoms with Gasteiger partial charge in [0.15, 0.2) is 23.1 Å². The van der Waals surface area contributed by atoms with Gasteiger partial charge in [0.05, 0.1) is 31.2 Å². The number of hydrogen-bond acceptors (Lipinski definition) is 11. The minimum atomic E-state index is -1.89. The number of ether oxygens (including phenoxy) is 1. The highest BCUT2D eigenvalue weighted by atomic mass is 16.5. The Morgan fingerprint density at radius 2 is 1.66 bits per heavy atom. The molecule has 174 valence electrons. The van der Waals surface area contributed by atoms with Gasteiger partial charge in [-0.25, -0.2) is 0 Å². The minimum absolute atomic E-state index is 0.313. The van der Waals surface area contributed by atoms with Crippen LogP contribution in [0.3, 0.4) is 0 Å². The number of allylic oxidation sites excluding steroid dienone is 1. The first-order chi connectivity index (χ1) is 15.1. The summed E-state index contributed by atoms with van der Waals surface area (Å²) in [6, 6.07) is 3.74. The third-order valence-electron chi connectivity index (χ3n) is 5.81. The van der Waals surface area contributed by atoms with E-state index in [1.165, 1.54) is 24.3 Å². The second-order valence-electron chi connectivity index (χ2n) is 7.88. The van der Waals surface area contributed by atoms with Gasteiger partial charge < -0.3 is 40.5 Å². The number of hydrogen-bond donors (Lipinski definition) is 7. The lowest BCUT2D eigenvalue weighted by Gasteiger charge is -2.45. The van der Waals surface area contributed by atoms with Crippen LogP contribution in [0.15, 0.2) is 24.3 Å². The average Bonchev–Trinajstić information content (AvgIpc) is 2.74. The van der Waals surface area contributed by atoms with Gasteiger partial charge >= 0.3 is 0 Å². The van der Waals surface area contributed by atoms with Crippen LogP contribution in [-0.4, -0.2) is 96.3 Å². The normalized spacial score (nSPS) is 35.9. The largest absolute Gasteiger partial charge is 0.504 e. The quantitative estimate of drug-likeness (QED) is 0.143. The van der Waals surface area contributed by atoms with Gasteiger partial charge in [-0.1, -0.05) is 12.1 Å². The second kappa shape index (κ2) is 9.45. The third-order valence-corrected chi connectivity index (χ3v) is 5.81. The molecule has 1 aromatic carbocycles. The second-order valence-corrected chi connectivity index (χ2v) is 7.88. The van der Waals surface area contributed by atoms with Crippen LogP contribution >= 0.6 is 0 Å². The van der Waals surface area contributed by atoms with Crippen molar-refractivity contribution in [2.24, 2.45) is 11.8 Å². The molecule has 11 heteroatoms. The number of carbonyl (C=O) groups is 3. The monoisotopic (exact) mass is 452 g/mol. The molecule has 1 aliphatic heterocycles. The molecular weight excluding hydrogens is 428 g/mol. The van der Waals surface area contributed by atoms with Crippen LogP contribution in [0.1, 0.15) is 12.0 Å². The van der Waals surface area contributed by atoms with Crippen molar-refractivity contribution in [3.8, 4) is 11.5 Å². The number of rotatable bonds is 5. The van der Waals surface area contributed by atoms with Crippen LogP contribution in [0.4, 0.5) is 0 Å². The van der Waals surface area contributed by atoms with E-state index in [-0.39, 0.29) is 5.75 Å². The Hall–Kier alpha value is -2.67. The maximum absolute atomic E-state index is 12.7. The lowest BCUT2D eigenvalue weighted by Crippen LogP contribution is -2.64. The van der Waals surface area contributed by atoms with Crippen LogP contribution in [0, 0.1) is 11.8 Å². The number of carbonyl (C=O) groups excluding carboxylic acids is 3. The van der Waals surface area contributed by atoms with E-state index in [9.17, 15) is 50.1 Å². The highest BCUT2D eigenvalue weighted by molar-refractivity contribution is 6.16. The van der Waals surface area contributed by atoms with Gasteiger partial charge in [0.2, 0.25) is 0 Å². The molecule has 1 heterocycles. The molecule has 1 saturated heterocycles. The zero-order chi connectivity index (χ0) is 23.7. The molecule has 32 heavy (non-hydrogen) atoms. The van der Waals surface area contributed by atoms with Crippen LogP contribution in [-0.2, 0) is 19.1 Å². The van der Waals surface area contributed by atoms with E-state index in [2.05, 4.69) is 0 Å². The molecule has 3 rings (SSSR count). The minimum Gasteiger partial charge on any atom is -0.504 e. The fraction of sp³-hybridized carbons (Fsp3) is 0.476. The van der Waals surface area contributed by atoms with Gasteiger partial charge in [-0.05, 0) is 23.8 Å². The van der Waals surface area contributed by atoms with Gasteiger partial charge in [-0.3, -0.25) is 14.4 Å². The Bertz CT molecular complexity index is 924. The van der Waals surface area contributed by atoms with E-state index in [0.717, 1.165) is 6.08 Å². The summed E-state index contributed by atoms with van der Waals surface area (Å²) >= 11 is 0. The van der Waals surface area contributed by atoms with Crippen molar-refractivity contribution in [1.29, 1.82) is 0 Å². The van der Waals surface area contributed by atoms with E-state index in [4.69, 9.17) is 4.74 Å². The lowest BCUT2D eigenvalue weighted by atomic mass is 9.70. The van der Waals surface area contributed by atoms with E-state index >= 15 is 0 Å². The summed E-state index contributed by atoms with van der Waals surface area (Å²) in [6.45, 7) is -0.748. The SMILES string of the molecule is O=C(C=Cc1ccc(O)c(O)c1)C1C(=O)CC(=O)C([C@@H]2O[C@H](CO)[C@@H](O)[C@H](O)[C@H]2O)C1O. The summed E-state index contributed by atoms with van der Waals surface area (Å²) in [4.78, 5) is 37.5. The summed E-state index contributed by atoms with van der Waals surface area (Å²) in [5.41, 5.74) is 0.313. The van der Waals surface area contributed by atoms with Crippen molar-refractivity contribution in [2.45, 2.75) is 43.0 Å². The van der Waals surface area contributed by atoms with E-state index in [1.807, 2.05) is 0 Å². The molecule has 1 saturated carbocycles. The maximum atomic E-state index is 12.7. The number of benzene rings is 1. The van der Waals surface area contributed by atoms with Crippen molar-refractivity contribution >= 4 is 23.4 Å². The molecule has 0 spiro atoms. The molecule has 1 aliphatic carbocycles. The van der Waals surface area contributed by atoms with Crippen molar-refractivity contribution in [3.05, 3.63) is 29.8 Å². The van der Waals surface area contributed by atoms with Gasteiger partial charge in [0.1, 0.15) is 36.1 Å². The molecule has 3 unspecified atom stereocenters. The summed E-state index contributed by atoms with van der Waals surface area (Å²) < 4.78 is 5.34. The molecule has 7 N–H and O–H groups in total. The smallest absolute Gasteiger partial charge is 0.168 e. The van der Waals surface area contributed by atoms with E-state index in [1.54, 1.807) is 0 Å². The number of Topliss-reactive ketones (excluding diaryl/α,β-unsaturated/α-hetero) is 2. The Labute approximate surface area is 181 Å². The topological polar surface area (TPSA) is 202 Å². The highest BCUT2D eigenvalue weighted by Crippen LogP contribution is 2.35. The van der Waals surface area contributed by atoms with E-state index < -0.39 is 84.6 Å². The number of phenolic OH excluding ortho intramolecular Hbond substituents is 2. The fourth-order valence-corrected chi connectivity index (χ4v) is 4.05. The van der Waals surface area contributed by atoms with Gasteiger partial charge in [0.25, 0.3) is 0 Å². The Morgan fingerprint density at radius 1 is 0.969 bits per heavy atom. The van der Waals surface area contributed by atoms with Crippen molar-refractivity contribution in [3.63, 3.8) is 0 Å². The standard InChI is InChI=1S/C21H24O11/c22-7-14-17(28)19(30)20(31)21(32-14)16-13(27)6-12(26)15(18(16)29)10(24)4-2-8-1-3-9(23)11(25)5-8/h1-5,14-23,25,28-31H,6-7H2/t14-,15?,16?,17-,18?,19+,20-,21+/m1/s1. The van der Waals surface area contributed by atoms with Crippen molar-refractivity contribution in [2.75, 3.05) is 6.61 Å². The van der Waals surface area contributed by atoms with E-state index in [0.29, 0.717) is 5.56 Å². The number of phenols is 2. The molecule has 0 bridgehead atoms. The summed E-state index contributed by atoms with van der Waals surface area (Å²) in [6.07, 6.45) is -8.60. The molecule has 0 radical (unpaired) electrons. The summed E-state index contributed by atoms with van der Waals surface area (Å²) in [5.74, 6) is -6.54. The first kappa shape index (κ1) is 24.0. The lowest BCUT2D eigenvalue weighted by molar-refractivity contribution is -0.248. The van der Waals surface area contributed by atoms with Crippen LogP contribution in [0.5, 0.6) is 11.5 Å². The fourth-order valence-electron chi connectivity index (χ4n) is 4.05. The zero-order valence-electron chi connectivity index (χ0n) is 16.7. The molecule has 11 nitrogen and oxygen atoms in total. The van der Waals surface area contributed by atoms with Gasteiger partial charge in [-0.15, -0.1) is 0 Å². The molecule has 2 aliphatic rings. The maximum Gasteiger partial charge on any atom is 0.168 e. The number of aliphatic hydroxyl groups is 5. The van der Waals surface area contributed by atoms with Gasteiger partial charge in [-0.2, -0.15) is 0 Å². The number of ketones is 3. The van der Waals surface area contributed by atoms with Crippen LogP contribution < -0.4 is 0 Å². The number of aliphatic hydroxyl groups excluding tert-OH is 5. The molecule has 0 aromatic heterocycles. The average molecular weight is 452 g/mol. The first-order valence-electron chi connectivity index (χ1n) is 9.84. The Kier molecular flexibility index (Phi) is 7.08. The van der Waals surface area contributed by atoms with Crippen molar-refractivity contribution in [1.82, 2.24) is 0 Å². The first-order valence-corrected chi connectivity index (χ1v) is 9.84.